The van der Waals surface area contributed by atoms with Gasteiger partial charge in [0.2, 0.25) is 5.76 Å². The lowest BCUT2D eigenvalue weighted by atomic mass is 10.0. The van der Waals surface area contributed by atoms with Crippen LogP contribution in [0.25, 0.3) is 0 Å². The Morgan fingerprint density at radius 3 is 2.81 bits per heavy atom. The summed E-state index contributed by atoms with van der Waals surface area (Å²) in [4.78, 5) is 3.65. The van der Waals surface area contributed by atoms with Crippen LogP contribution in [-0.4, -0.2) is 17.6 Å². The fourth-order valence-electron chi connectivity index (χ4n) is 1.84. The van der Waals surface area contributed by atoms with Crippen molar-refractivity contribution in [2.24, 2.45) is 0 Å². The first-order chi connectivity index (χ1) is 7.55. The smallest absolute Gasteiger partial charge is 0.436 e. The predicted molar refractivity (Wildman–Crippen MR) is 50.9 cm³/mol. The Hall–Kier alpha value is -1.04. The zero-order chi connectivity index (χ0) is 11.6. The van der Waals surface area contributed by atoms with E-state index in [9.17, 15) is 13.2 Å². The molecule has 6 heteroatoms. The molecule has 90 valence electrons. The quantitative estimate of drug-likeness (QED) is 0.853. The molecule has 1 N–H and O–H groups in total. The number of hydrogen-bond acceptors (Lipinski definition) is 3. The summed E-state index contributed by atoms with van der Waals surface area (Å²) < 4.78 is 41.4. The molecule has 1 unspecified atom stereocenters. The zero-order valence-electron chi connectivity index (χ0n) is 8.68. The van der Waals surface area contributed by atoms with E-state index in [4.69, 9.17) is 0 Å². The van der Waals surface area contributed by atoms with Crippen LogP contribution in [0.3, 0.4) is 0 Å². The summed E-state index contributed by atoms with van der Waals surface area (Å²) in [6.45, 7) is 0.914. The molecule has 0 saturated carbocycles. The Balaban J connectivity index is 1.97. The minimum absolute atomic E-state index is 0.159. The summed E-state index contributed by atoms with van der Waals surface area (Å²) in [6.07, 6.45) is -0.0798. The van der Waals surface area contributed by atoms with Gasteiger partial charge in [-0.05, 0) is 19.4 Å². The van der Waals surface area contributed by atoms with Crippen LogP contribution in [-0.2, 0) is 12.6 Å². The first-order valence-electron chi connectivity index (χ1n) is 5.31. The van der Waals surface area contributed by atoms with Gasteiger partial charge in [-0.2, -0.15) is 13.2 Å². The van der Waals surface area contributed by atoms with Crippen LogP contribution in [0.15, 0.2) is 10.6 Å². The van der Waals surface area contributed by atoms with Gasteiger partial charge in [-0.1, -0.05) is 6.42 Å². The van der Waals surface area contributed by atoms with E-state index in [1.165, 1.54) is 0 Å². The summed E-state index contributed by atoms with van der Waals surface area (Å²) in [5.74, 6) is -0.856. The molecule has 2 rings (SSSR count). The molecule has 0 bridgehead atoms. The van der Waals surface area contributed by atoms with Gasteiger partial charge in [0.1, 0.15) is 0 Å². The van der Waals surface area contributed by atoms with Crippen molar-refractivity contribution in [2.75, 3.05) is 6.54 Å². The number of nitrogens with zero attached hydrogens (tertiary/aromatic N) is 1. The van der Waals surface area contributed by atoms with Crippen molar-refractivity contribution < 1.29 is 17.6 Å². The topological polar surface area (TPSA) is 38.1 Å². The van der Waals surface area contributed by atoms with Gasteiger partial charge < -0.3 is 9.73 Å². The van der Waals surface area contributed by atoms with E-state index in [0.717, 1.165) is 32.0 Å². The number of halogens is 3. The summed E-state index contributed by atoms with van der Waals surface area (Å²) >= 11 is 0. The second-order valence-corrected chi connectivity index (χ2v) is 3.97. The van der Waals surface area contributed by atoms with Crippen molar-refractivity contribution in [3.05, 3.63) is 17.8 Å². The maximum Gasteiger partial charge on any atom is 0.451 e. The summed E-state index contributed by atoms with van der Waals surface area (Å²) in [7, 11) is 0. The molecule has 0 radical (unpaired) electrons. The third kappa shape index (κ3) is 2.75. The number of piperidine rings is 1. The maximum absolute atomic E-state index is 12.2. The van der Waals surface area contributed by atoms with Crippen LogP contribution >= 0.6 is 0 Å². The fraction of sp³-hybridized carbons (Fsp3) is 0.700. The van der Waals surface area contributed by atoms with Gasteiger partial charge in [-0.3, -0.25) is 0 Å². The first kappa shape index (κ1) is 11.4. The predicted octanol–water partition coefficient (Wildman–Crippen LogP) is 2.38. The summed E-state index contributed by atoms with van der Waals surface area (Å²) in [5.41, 5.74) is 0. The van der Waals surface area contributed by atoms with E-state index in [2.05, 4.69) is 14.7 Å². The lowest BCUT2D eigenvalue weighted by Gasteiger charge is -2.21. The molecule has 0 aliphatic carbocycles. The van der Waals surface area contributed by atoms with Crippen molar-refractivity contribution in [3.63, 3.8) is 0 Å². The number of oxazole rings is 1. The molecule has 0 amide bonds. The number of alkyl halides is 3. The van der Waals surface area contributed by atoms with Gasteiger partial charge in [0.15, 0.2) is 5.89 Å². The molecule has 1 atom stereocenters. The highest BCUT2D eigenvalue weighted by molar-refractivity contribution is 4.99. The van der Waals surface area contributed by atoms with Crippen LogP contribution < -0.4 is 5.32 Å². The molecule has 16 heavy (non-hydrogen) atoms. The lowest BCUT2D eigenvalue weighted by Crippen LogP contribution is -2.35. The zero-order valence-corrected chi connectivity index (χ0v) is 8.68. The summed E-state index contributed by atoms with van der Waals surface area (Å²) in [6, 6.07) is 0.188. The highest BCUT2D eigenvalue weighted by atomic mass is 19.4. The van der Waals surface area contributed by atoms with Crippen LogP contribution in [0.1, 0.15) is 30.9 Å². The number of rotatable bonds is 2. The van der Waals surface area contributed by atoms with Crippen LogP contribution in [0.5, 0.6) is 0 Å². The summed E-state index contributed by atoms with van der Waals surface area (Å²) in [5, 5.41) is 3.23. The average molecular weight is 234 g/mol. The molecule has 3 nitrogen and oxygen atoms in total. The molecular formula is C10H13F3N2O. The Labute approximate surface area is 91.0 Å². The van der Waals surface area contributed by atoms with Gasteiger partial charge in [-0.25, -0.2) is 4.98 Å². The van der Waals surface area contributed by atoms with Crippen molar-refractivity contribution in [1.29, 1.82) is 0 Å². The van der Waals surface area contributed by atoms with Gasteiger partial charge in [0, 0.05) is 12.5 Å². The molecule has 0 aromatic carbocycles. The Kier molecular flexibility index (Phi) is 3.18. The molecule has 1 saturated heterocycles. The Morgan fingerprint density at radius 1 is 1.44 bits per heavy atom. The highest BCUT2D eigenvalue weighted by Crippen LogP contribution is 2.29. The molecule has 1 aromatic rings. The second-order valence-electron chi connectivity index (χ2n) is 3.97. The lowest BCUT2D eigenvalue weighted by molar-refractivity contribution is -0.153. The monoisotopic (exact) mass is 234 g/mol. The molecule has 1 fully saturated rings. The van der Waals surface area contributed by atoms with Crippen LogP contribution in [0.2, 0.25) is 0 Å². The van der Waals surface area contributed by atoms with Gasteiger partial charge in [0.25, 0.3) is 0 Å². The van der Waals surface area contributed by atoms with E-state index in [1.54, 1.807) is 0 Å². The largest absolute Gasteiger partial charge is 0.451 e. The first-order valence-corrected chi connectivity index (χ1v) is 5.31. The average Bonchev–Trinajstić information content (AvgIpc) is 2.67. The molecule has 1 aliphatic heterocycles. The van der Waals surface area contributed by atoms with Crippen molar-refractivity contribution >= 4 is 0 Å². The van der Waals surface area contributed by atoms with Crippen molar-refractivity contribution in [3.8, 4) is 0 Å². The van der Waals surface area contributed by atoms with Crippen LogP contribution in [0, 0.1) is 0 Å². The number of hydrogen-bond donors (Lipinski definition) is 1. The molecular weight excluding hydrogens is 221 g/mol. The van der Waals surface area contributed by atoms with E-state index >= 15 is 0 Å². The molecule has 1 aromatic heterocycles. The van der Waals surface area contributed by atoms with Crippen LogP contribution in [0.4, 0.5) is 13.2 Å². The maximum atomic E-state index is 12.2. The number of nitrogens with one attached hydrogen (secondary N) is 1. The van der Waals surface area contributed by atoms with Crippen molar-refractivity contribution in [2.45, 2.75) is 37.9 Å². The van der Waals surface area contributed by atoms with Gasteiger partial charge in [-0.15, -0.1) is 0 Å². The van der Waals surface area contributed by atoms with E-state index in [-0.39, 0.29) is 11.9 Å². The van der Waals surface area contributed by atoms with Crippen molar-refractivity contribution in [1.82, 2.24) is 10.3 Å². The third-order valence-corrected chi connectivity index (χ3v) is 2.67. The third-order valence-electron chi connectivity index (χ3n) is 2.67. The standard InChI is InChI=1S/C10H13F3N2O/c11-10(12,13)8-6-15-9(16-8)5-7-3-1-2-4-14-7/h6-7,14H,1-5H2. The number of aromatic nitrogens is 1. The molecule has 0 spiro atoms. The minimum Gasteiger partial charge on any atom is -0.436 e. The van der Waals surface area contributed by atoms with E-state index in [1.807, 2.05) is 0 Å². The second kappa shape index (κ2) is 4.45. The Morgan fingerprint density at radius 2 is 2.25 bits per heavy atom. The minimum atomic E-state index is -4.44. The van der Waals surface area contributed by atoms with Gasteiger partial charge in [0.05, 0.1) is 6.20 Å². The van der Waals surface area contributed by atoms with Gasteiger partial charge >= 0.3 is 6.18 Å². The SMILES string of the molecule is FC(F)(F)c1cnc(CC2CCCCN2)o1. The molecule has 2 heterocycles. The normalized spacial score (nSPS) is 22.3. The van der Waals surface area contributed by atoms with E-state index < -0.39 is 11.9 Å². The fourth-order valence-corrected chi connectivity index (χ4v) is 1.84. The highest BCUT2D eigenvalue weighted by Gasteiger charge is 2.35. The van der Waals surface area contributed by atoms with E-state index in [0.29, 0.717) is 6.42 Å². The molecule has 1 aliphatic rings. The Bertz CT molecular complexity index is 342.